The van der Waals surface area contributed by atoms with Gasteiger partial charge in [0.2, 0.25) is 0 Å². The van der Waals surface area contributed by atoms with Crippen molar-refractivity contribution in [2.45, 2.75) is 20.3 Å². The van der Waals surface area contributed by atoms with Crippen LogP contribution in [-0.4, -0.2) is 32.1 Å². The molecular weight excluding hydrogens is 284 g/mol. The van der Waals surface area contributed by atoms with Crippen molar-refractivity contribution in [2.75, 3.05) is 0 Å². The van der Waals surface area contributed by atoms with Crippen molar-refractivity contribution in [3.63, 3.8) is 0 Å². The molecule has 0 aliphatic carbocycles. The molecule has 6 heteroatoms. The Morgan fingerprint density at radius 2 is 2.00 bits per heavy atom. The van der Waals surface area contributed by atoms with Gasteiger partial charge in [-0.2, -0.15) is 0 Å². The molecular formula is C16H18N2O4. The number of nitrogens with one attached hydrogen (secondary N) is 1. The predicted octanol–water partition coefficient (Wildman–Crippen LogP) is 3.01. The Morgan fingerprint density at radius 3 is 2.36 bits per heavy atom. The number of aromatic amines is 1. The van der Waals surface area contributed by atoms with Gasteiger partial charge in [-0.3, -0.25) is 0 Å². The minimum absolute atomic E-state index is 0.0699. The Labute approximate surface area is 128 Å². The first-order chi connectivity index (χ1) is 10.4. The highest BCUT2D eigenvalue weighted by Gasteiger charge is 2.18. The molecule has 0 unspecified atom stereocenters. The third kappa shape index (κ3) is 4.05. The van der Waals surface area contributed by atoms with Gasteiger partial charge in [0.15, 0.2) is 0 Å². The fourth-order valence-electron chi connectivity index (χ4n) is 2.02. The number of hydrogen-bond donors (Lipinski definition) is 3. The zero-order valence-electron chi connectivity index (χ0n) is 12.5. The first-order valence-corrected chi connectivity index (χ1v) is 6.63. The number of aromatic carboxylic acids is 2. The third-order valence-electron chi connectivity index (χ3n) is 3.03. The molecule has 0 spiro atoms. The molecule has 1 aromatic heterocycles. The van der Waals surface area contributed by atoms with Crippen LogP contribution in [-0.2, 0) is 6.42 Å². The van der Waals surface area contributed by atoms with Gasteiger partial charge >= 0.3 is 11.9 Å². The van der Waals surface area contributed by atoms with Crippen molar-refractivity contribution in [1.82, 2.24) is 9.97 Å². The summed E-state index contributed by atoms with van der Waals surface area (Å²) in [5.41, 5.74) is 1.15. The van der Waals surface area contributed by atoms with E-state index in [0.29, 0.717) is 17.5 Å². The Kier molecular flexibility index (Phi) is 6.07. The highest BCUT2D eigenvalue weighted by molar-refractivity contribution is 5.97. The fourth-order valence-corrected chi connectivity index (χ4v) is 2.02. The largest absolute Gasteiger partial charge is 0.478 e. The molecule has 0 amide bonds. The first kappa shape index (κ1) is 17.2. The van der Waals surface area contributed by atoms with Crippen LogP contribution in [0.15, 0.2) is 31.1 Å². The average Bonchev–Trinajstić information content (AvgIpc) is 3.00. The molecule has 116 valence electrons. The number of carbonyl (C=O) groups is 2. The molecule has 0 aliphatic heterocycles. The molecule has 1 heterocycles. The molecule has 0 saturated heterocycles. The van der Waals surface area contributed by atoms with E-state index >= 15 is 0 Å². The molecule has 0 radical (unpaired) electrons. The van der Waals surface area contributed by atoms with Crippen LogP contribution in [0.25, 0.3) is 6.08 Å². The minimum atomic E-state index is -1.09. The van der Waals surface area contributed by atoms with Crippen LogP contribution in [0.4, 0.5) is 0 Å². The second-order valence-corrected chi connectivity index (χ2v) is 4.43. The van der Waals surface area contributed by atoms with Gasteiger partial charge in [0, 0.05) is 12.4 Å². The van der Waals surface area contributed by atoms with E-state index in [1.807, 2.05) is 0 Å². The van der Waals surface area contributed by atoms with Crippen molar-refractivity contribution in [1.29, 1.82) is 0 Å². The number of imidazole rings is 1. The summed E-state index contributed by atoms with van der Waals surface area (Å²) in [7, 11) is 0. The summed E-state index contributed by atoms with van der Waals surface area (Å²) in [6, 6.07) is 2.97. The third-order valence-corrected chi connectivity index (χ3v) is 3.03. The molecule has 0 aliphatic rings. The van der Waals surface area contributed by atoms with Crippen molar-refractivity contribution in [3.8, 4) is 0 Å². The summed E-state index contributed by atoms with van der Waals surface area (Å²) < 4.78 is 0. The number of carboxylic acid groups (broad SMARTS) is 2. The van der Waals surface area contributed by atoms with E-state index in [4.69, 9.17) is 10.2 Å². The Hall–Kier alpha value is -2.89. The molecule has 0 saturated carbocycles. The molecule has 2 rings (SSSR count). The van der Waals surface area contributed by atoms with E-state index in [2.05, 4.69) is 16.5 Å². The number of aryl methyl sites for hydroxylation is 1. The molecule has 3 N–H and O–H groups in total. The molecule has 0 fully saturated rings. The van der Waals surface area contributed by atoms with E-state index in [9.17, 15) is 9.59 Å². The van der Waals surface area contributed by atoms with E-state index in [1.165, 1.54) is 12.1 Å². The molecule has 2 aromatic rings. The summed E-state index contributed by atoms with van der Waals surface area (Å²) in [5, 5.41) is 17.9. The Bertz CT molecular complexity index is 676. The van der Waals surface area contributed by atoms with Gasteiger partial charge < -0.3 is 15.2 Å². The van der Waals surface area contributed by atoms with Gasteiger partial charge in [0.05, 0.1) is 11.1 Å². The van der Waals surface area contributed by atoms with Crippen LogP contribution in [0, 0.1) is 6.92 Å². The lowest BCUT2D eigenvalue weighted by molar-refractivity contribution is 0.0695. The van der Waals surface area contributed by atoms with Crippen molar-refractivity contribution >= 4 is 18.0 Å². The summed E-state index contributed by atoms with van der Waals surface area (Å²) >= 11 is 0. The highest BCUT2D eigenvalue weighted by Crippen LogP contribution is 2.20. The van der Waals surface area contributed by atoms with Crippen molar-refractivity contribution in [2.24, 2.45) is 0 Å². The second kappa shape index (κ2) is 7.78. The maximum Gasteiger partial charge on any atom is 0.336 e. The minimum Gasteiger partial charge on any atom is -0.478 e. The zero-order valence-corrected chi connectivity index (χ0v) is 12.5. The van der Waals surface area contributed by atoms with Crippen LogP contribution in [0.3, 0.4) is 0 Å². The SMILES string of the molecule is C=Cc1ncc[nH]1.CCc1c(C(=O)O)ccc(C)c1C(=O)O. The number of H-pyrrole nitrogens is 1. The number of carboxylic acids is 2. The monoisotopic (exact) mass is 302 g/mol. The normalized spacial score (nSPS) is 9.55. The first-order valence-electron chi connectivity index (χ1n) is 6.63. The van der Waals surface area contributed by atoms with E-state index < -0.39 is 11.9 Å². The topological polar surface area (TPSA) is 103 Å². The van der Waals surface area contributed by atoms with E-state index in [-0.39, 0.29) is 11.1 Å². The number of rotatable bonds is 4. The fraction of sp³-hybridized carbons (Fsp3) is 0.188. The quantitative estimate of drug-likeness (QED) is 0.805. The van der Waals surface area contributed by atoms with Gasteiger partial charge in [-0.25, -0.2) is 14.6 Å². The van der Waals surface area contributed by atoms with Gasteiger partial charge in [-0.1, -0.05) is 19.6 Å². The summed E-state index contributed by atoms with van der Waals surface area (Å²) in [5.74, 6) is -1.35. The van der Waals surface area contributed by atoms with Crippen LogP contribution < -0.4 is 0 Å². The van der Waals surface area contributed by atoms with Crippen LogP contribution in [0.1, 0.15) is 44.6 Å². The summed E-state index contributed by atoms with van der Waals surface area (Å²) in [6.45, 7) is 6.91. The van der Waals surface area contributed by atoms with E-state index in [1.54, 1.807) is 32.3 Å². The maximum absolute atomic E-state index is 11.0. The lowest BCUT2D eigenvalue weighted by Crippen LogP contribution is -2.11. The maximum atomic E-state index is 11.0. The Morgan fingerprint density at radius 1 is 1.32 bits per heavy atom. The Balaban J connectivity index is 0.000000287. The molecule has 0 atom stereocenters. The number of benzene rings is 1. The molecule has 22 heavy (non-hydrogen) atoms. The standard InChI is InChI=1S/C11H12O4.C5H6N2/c1-3-7-8(10(12)13)5-4-6(2)9(7)11(14)15;1-2-5-6-3-4-7-5/h4-5H,3H2,1-2H3,(H,12,13)(H,14,15);2-4H,1H2,(H,6,7). The average molecular weight is 302 g/mol. The van der Waals surface area contributed by atoms with Gasteiger partial charge in [0.1, 0.15) is 5.82 Å². The van der Waals surface area contributed by atoms with Crippen LogP contribution >= 0.6 is 0 Å². The molecule has 0 bridgehead atoms. The number of nitrogens with zero attached hydrogens (tertiary/aromatic N) is 1. The number of aromatic nitrogens is 2. The lowest BCUT2D eigenvalue weighted by atomic mass is 9.95. The van der Waals surface area contributed by atoms with Gasteiger partial charge in [0.25, 0.3) is 0 Å². The van der Waals surface area contributed by atoms with Crippen LogP contribution in [0.2, 0.25) is 0 Å². The van der Waals surface area contributed by atoms with Crippen molar-refractivity contribution < 1.29 is 19.8 Å². The number of hydrogen-bond acceptors (Lipinski definition) is 3. The van der Waals surface area contributed by atoms with Gasteiger partial charge in [-0.05, 0) is 36.6 Å². The van der Waals surface area contributed by atoms with Crippen molar-refractivity contribution in [3.05, 3.63) is 59.2 Å². The van der Waals surface area contributed by atoms with Gasteiger partial charge in [-0.15, -0.1) is 0 Å². The molecule has 6 nitrogen and oxygen atoms in total. The predicted molar refractivity (Wildman–Crippen MR) is 83.2 cm³/mol. The molecule has 1 aromatic carbocycles. The summed E-state index contributed by atoms with van der Waals surface area (Å²) in [4.78, 5) is 28.6. The summed E-state index contributed by atoms with van der Waals surface area (Å²) in [6.07, 6.45) is 5.51. The highest BCUT2D eigenvalue weighted by atomic mass is 16.4. The second-order valence-electron chi connectivity index (χ2n) is 4.43. The smallest absolute Gasteiger partial charge is 0.336 e. The van der Waals surface area contributed by atoms with E-state index in [0.717, 1.165) is 5.82 Å². The lowest BCUT2D eigenvalue weighted by Gasteiger charge is -2.10. The zero-order chi connectivity index (χ0) is 16.7. The van der Waals surface area contributed by atoms with Crippen LogP contribution in [0.5, 0.6) is 0 Å².